The number of hydrogen-bond donors (Lipinski definition) is 0. The van der Waals surface area contributed by atoms with E-state index >= 15 is 0 Å². The van der Waals surface area contributed by atoms with E-state index in [1.165, 1.54) is 0 Å². The van der Waals surface area contributed by atoms with Crippen LogP contribution in [-0.2, 0) is 4.74 Å². The molecule has 0 atom stereocenters. The third-order valence-electron chi connectivity index (χ3n) is 1.19. The number of amidine groups is 1. The smallest absolute Gasteiger partial charge is 0.130 e. The first-order valence-corrected chi connectivity index (χ1v) is 3.43. The maximum absolute atomic E-state index is 5.13. The van der Waals surface area contributed by atoms with E-state index in [2.05, 4.69) is 10.3 Å². The minimum absolute atomic E-state index is 0.723. The molecular weight excluding hydrogens is 128 g/mol. The van der Waals surface area contributed by atoms with Crippen molar-refractivity contribution in [2.75, 3.05) is 13.2 Å². The molecule has 10 heavy (non-hydrogen) atoms. The molecule has 0 spiro atoms. The van der Waals surface area contributed by atoms with Gasteiger partial charge in [0.1, 0.15) is 5.84 Å². The summed E-state index contributed by atoms with van der Waals surface area (Å²) in [5.41, 5.74) is 0. The second kappa shape index (κ2) is 4.06. The summed E-state index contributed by atoms with van der Waals surface area (Å²) in [6.07, 6.45) is 4.21. The molecule has 0 aromatic rings. The van der Waals surface area contributed by atoms with Gasteiger partial charge in [-0.15, -0.1) is 0 Å². The number of nitrogens with zero attached hydrogens (tertiary/aromatic N) is 2. The lowest BCUT2D eigenvalue weighted by Gasteiger charge is -1.98. The molecule has 1 aliphatic heterocycles. The largest absolute Gasteiger partial charge is 0.381 e. The zero-order valence-electron chi connectivity index (χ0n) is 6.08. The first-order chi connectivity index (χ1) is 4.93. The van der Waals surface area contributed by atoms with Gasteiger partial charge in [0.05, 0.1) is 6.61 Å². The third kappa shape index (κ3) is 2.19. The lowest BCUT2D eigenvalue weighted by Crippen LogP contribution is -2.09. The Morgan fingerprint density at radius 1 is 1.50 bits per heavy atom. The molecule has 1 radical (unpaired) electrons. The number of rotatable bonds is 4. The summed E-state index contributed by atoms with van der Waals surface area (Å²) in [5.74, 6) is 0.869. The van der Waals surface area contributed by atoms with E-state index in [1.54, 1.807) is 12.4 Å². The summed E-state index contributed by atoms with van der Waals surface area (Å²) in [6, 6.07) is 0. The van der Waals surface area contributed by atoms with Crippen LogP contribution < -0.4 is 5.32 Å². The summed E-state index contributed by atoms with van der Waals surface area (Å²) in [4.78, 5) is 4.00. The van der Waals surface area contributed by atoms with Crippen LogP contribution in [0.3, 0.4) is 0 Å². The van der Waals surface area contributed by atoms with Gasteiger partial charge in [0.2, 0.25) is 0 Å². The Kier molecular flexibility index (Phi) is 2.96. The number of ether oxygens (including phenoxy) is 1. The second-order valence-corrected chi connectivity index (χ2v) is 1.92. The van der Waals surface area contributed by atoms with Gasteiger partial charge in [-0.1, -0.05) is 0 Å². The van der Waals surface area contributed by atoms with Crippen LogP contribution in [-0.4, -0.2) is 19.0 Å². The van der Waals surface area contributed by atoms with Crippen molar-refractivity contribution in [2.45, 2.75) is 13.3 Å². The molecule has 0 aromatic carbocycles. The van der Waals surface area contributed by atoms with Crippen molar-refractivity contribution < 1.29 is 4.74 Å². The summed E-state index contributed by atoms with van der Waals surface area (Å²) < 4.78 is 5.13. The fraction of sp³-hybridized carbons (Fsp3) is 0.571. The van der Waals surface area contributed by atoms with E-state index in [4.69, 9.17) is 4.74 Å². The monoisotopic (exact) mass is 139 g/mol. The molecule has 0 bridgehead atoms. The summed E-state index contributed by atoms with van der Waals surface area (Å²) >= 11 is 0. The Balaban J connectivity index is 2.04. The molecule has 0 saturated carbocycles. The van der Waals surface area contributed by atoms with Gasteiger partial charge >= 0.3 is 0 Å². The highest BCUT2D eigenvalue weighted by atomic mass is 16.5. The average molecular weight is 139 g/mol. The molecule has 0 amide bonds. The van der Waals surface area contributed by atoms with Crippen molar-refractivity contribution in [1.29, 1.82) is 0 Å². The Bertz CT molecular complexity index is 152. The van der Waals surface area contributed by atoms with E-state index in [9.17, 15) is 0 Å². The van der Waals surface area contributed by atoms with Crippen LogP contribution in [0.15, 0.2) is 17.4 Å². The molecule has 55 valence electrons. The van der Waals surface area contributed by atoms with Crippen LogP contribution in [0.4, 0.5) is 0 Å². The van der Waals surface area contributed by atoms with Gasteiger partial charge in [-0.3, -0.25) is 0 Å². The molecule has 0 fully saturated rings. The van der Waals surface area contributed by atoms with Crippen LogP contribution in [0.2, 0.25) is 0 Å². The molecule has 1 aliphatic rings. The Hall–Kier alpha value is -0.830. The summed E-state index contributed by atoms with van der Waals surface area (Å²) in [5, 5.41) is 4.00. The standard InChI is InChI=1S/C7H11N2O/c1-2-10-6-3-7-8-4-5-9-7/h4-5H,2-3,6H2,1H3. The molecular formula is C7H11N2O. The van der Waals surface area contributed by atoms with E-state index in [-0.39, 0.29) is 0 Å². The molecule has 1 rings (SSSR count). The first kappa shape index (κ1) is 7.28. The van der Waals surface area contributed by atoms with Crippen molar-refractivity contribution in [1.82, 2.24) is 5.32 Å². The predicted octanol–water partition coefficient (Wildman–Crippen LogP) is 0.901. The van der Waals surface area contributed by atoms with Crippen molar-refractivity contribution >= 4 is 5.84 Å². The second-order valence-electron chi connectivity index (χ2n) is 1.92. The lowest BCUT2D eigenvalue weighted by molar-refractivity contribution is 0.155. The van der Waals surface area contributed by atoms with Crippen molar-refractivity contribution in [3.63, 3.8) is 0 Å². The third-order valence-corrected chi connectivity index (χ3v) is 1.19. The minimum atomic E-state index is 0.723. The van der Waals surface area contributed by atoms with Crippen molar-refractivity contribution in [3.05, 3.63) is 12.4 Å². The van der Waals surface area contributed by atoms with Gasteiger partial charge < -0.3 is 4.74 Å². The fourth-order valence-corrected chi connectivity index (χ4v) is 0.709. The van der Waals surface area contributed by atoms with Gasteiger partial charge in [0.15, 0.2) is 0 Å². The van der Waals surface area contributed by atoms with Crippen LogP contribution in [0.25, 0.3) is 0 Å². The lowest BCUT2D eigenvalue weighted by atomic mass is 10.4. The Morgan fingerprint density at radius 3 is 3.00 bits per heavy atom. The predicted molar refractivity (Wildman–Crippen MR) is 39.8 cm³/mol. The van der Waals surface area contributed by atoms with Gasteiger partial charge in [0.25, 0.3) is 0 Å². The van der Waals surface area contributed by atoms with Crippen molar-refractivity contribution in [3.8, 4) is 0 Å². The highest BCUT2D eigenvalue weighted by Crippen LogP contribution is 1.94. The van der Waals surface area contributed by atoms with E-state index in [0.29, 0.717) is 0 Å². The first-order valence-electron chi connectivity index (χ1n) is 3.43. The summed E-state index contributed by atoms with van der Waals surface area (Å²) in [7, 11) is 0. The molecule has 0 aliphatic carbocycles. The molecule has 0 unspecified atom stereocenters. The maximum atomic E-state index is 5.13. The van der Waals surface area contributed by atoms with Gasteiger partial charge in [-0.25, -0.2) is 10.3 Å². The fourth-order valence-electron chi connectivity index (χ4n) is 0.709. The van der Waals surface area contributed by atoms with E-state index in [1.807, 2.05) is 6.92 Å². The molecule has 3 nitrogen and oxygen atoms in total. The van der Waals surface area contributed by atoms with Crippen LogP contribution in [0, 0.1) is 0 Å². The van der Waals surface area contributed by atoms with Gasteiger partial charge in [-0.05, 0) is 6.92 Å². The van der Waals surface area contributed by atoms with E-state index in [0.717, 1.165) is 25.5 Å². The number of hydrogen-bond acceptors (Lipinski definition) is 2. The molecule has 0 aromatic heterocycles. The van der Waals surface area contributed by atoms with Crippen LogP contribution in [0.1, 0.15) is 13.3 Å². The highest BCUT2D eigenvalue weighted by Gasteiger charge is 2.00. The topological polar surface area (TPSA) is 35.7 Å². The SMILES string of the molecule is CCOCCC1=NC=C[N]1. The Labute approximate surface area is 60.8 Å². The zero-order chi connectivity index (χ0) is 7.23. The molecule has 1 heterocycles. The quantitative estimate of drug-likeness (QED) is 0.533. The van der Waals surface area contributed by atoms with Gasteiger partial charge in [0, 0.05) is 25.4 Å². The normalized spacial score (nSPS) is 15.1. The highest BCUT2D eigenvalue weighted by molar-refractivity contribution is 5.84. The molecule has 0 saturated heterocycles. The minimum Gasteiger partial charge on any atom is -0.381 e. The average Bonchev–Trinajstić information content (AvgIpc) is 2.41. The maximum Gasteiger partial charge on any atom is 0.130 e. The van der Waals surface area contributed by atoms with Gasteiger partial charge in [-0.2, -0.15) is 0 Å². The van der Waals surface area contributed by atoms with Crippen LogP contribution >= 0.6 is 0 Å². The molecule has 3 heteroatoms. The number of aliphatic imine (C=N–C) groups is 1. The Morgan fingerprint density at radius 2 is 2.40 bits per heavy atom. The molecule has 0 N–H and O–H groups in total. The summed E-state index contributed by atoms with van der Waals surface area (Å²) in [6.45, 7) is 3.47. The zero-order valence-corrected chi connectivity index (χ0v) is 6.08. The van der Waals surface area contributed by atoms with Crippen LogP contribution in [0.5, 0.6) is 0 Å². The van der Waals surface area contributed by atoms with Crippen molar-refractivity contribution in [2.24, 2.45) is 4.99 Å². The van der Waals surface area contributed by atoms with E-state index < -0.39 is 0 Å².